The molecule has 160 valence electrons. The van der Waals surface area contributed by atoms with Crippen molar-refractivity contribution in [3.8, 4) is 0 Å². The van der Waals surface area contributed by atoms with Crippen LogP contribution in [0.4, 0.5) is 4.39 Å². The summed E-state index contributed by atoms with van der Waals surface area (Å²) in [5.74, 6) is -0.642. The van der Waals surface area contributed by atoms with E-state index in [1.165, 1.54) is 22.5 Å². The molecule has 3 heterocycles. The van der Waals surface area contributed by atoms with Crippen molar-refractivity contribution >= 4 is 15.9 Å². The van der Waals surface area contributed by atoms with Gasteiger partial charge in [-0.15, -0.1) is 0 Å². The highest BCUT2D eigenvalue weighted by molar-refractivity contribution is 7.88. The first-order chi connectivity index (χ1) is 14.3. The average molecular weight is 434 g/mol. The molecular weight excluding hydrogens is 411 g/mol. The number of carbonyl (C=O) groups is 1. The molecule has 10 heteroatoms. The molecule has 4 rings (SSSR count). The van der Waals surface area contributed by atoms with E-state index in [4.69, 9.17) is 0 Å². The minimum atomic E-state index is -3.41. The molecule has 1 atom stereocenters. The molecule has 1 amide bonds. The van der Waals surface area contributed by atoms with Gasteiger partial charge in [-0.25, -0.2) is 17.8 Å². The summed E-state index contributed by atoms with van der Waals surface area (Å²) in [6.45, 7) is 0.685. The van der Waals surface area contributed by atoms with E-state index in [9.17, 15) is 22.4 Å². The third-order valence-electron chi connectivity index (χ3n) is 5.70. The summed E-state index contributed by atoms with van der Waals surface area (Å²) in [7, 11) is -3.41. The molecule has 1 aromatic heterocycles. The van der Waals surface area contributed by atoms with E-state index >= 15 is 0 Å². The summed E-state index contributed by atoms with van der Waals surface area (Å²) in [6.07, 6.45) is 3.69. The summed E-state index contributed by atoms with van der Waals surface area (Å²) in [6, 6.07) is 5.38. The number of sulfonamides is 1. The van der Waals surface area contributed by atoms with Crippen LogP contribution in [-0.2, 0) is 23.0 Å². The molecule has 0 radical (unpaired) electrons. The highest BCUT2D eigenvalue weighted by Crippen LogP contribution is 2.31. The number of halogens is 1. The SMILES string of the molecule is CS(=O)(=O)N1CCc2nc([C@@H]3CCCCN3C(=O)c3ccccc3F)[nH]c(=O)c2C1. The summed E-state index contributed by atoms with van der Waals surface area (Å²) < 4.78 is 39.1. The van der Waals surface area contributed by atoms with Gasteiger partial charge in [0.05, 0.1) is 29.1 Å². The van der Waals surface area contributed by atoms with Crippen LogP contribution < -0.4 is 5.56 Å². The van der Waals surface area contributed by atoms with E-state index in [2.05, 4.69) is 9.97 Å². The Kier molecular flexibility index (Phi) is 5.46. The largest absolute Gasteiger partial charge is 0.328 e. The van der Waals surface area contributed by atoms with E-state index in [0.29, 0.717) is 36.5 Å². The molecule has 1 aromatic carbocycles. The van der Waals surface area contributed by atoms with E-state index in [0.717, 1.165) is 19.1 Å². The summed E-state index contributed by atoms with van der Waals surface area (Å²) in [5.41, 5.74) is 0.483. The van der Waals surface area contributed by atoms with Crippen molar-refractivity contribution in [2.75, 3.05) is 19.3 Å². The molecule has 8 nitrogen and oxygen atoms in total. The maximum atomic E-state index is 14.2. The number of hydrogen-bond donors (Lipinski definition) is 1. The van der Waals surface area contributed by atoms with E-state index < -0.39 is 33.3 Å². The second kappa shape index (κ2) is 7.92. The second-order valence-corrected chi connectivity index (χ2v) is 9.70. The van der Waals surface area contributed by atoms with Gasteiger partial charge in [0.25, 0.3) is 11.5 Å². The molecule has 0 spiro atoms. The molecular formula is C20H23FN4O4S. The lowest BCUT2D eigenvalue weighted by Gasteiger charge is -2.35. The number of aromatic amines is 1. The molecule has 0 bridgehead atoms. The number of hydrogen-bond acceptors (Lipinski definition) is 5. The van der Waals surface area contributed by atoms with Crippen LogP contribution in [-0.4, -0.2) is 52.8 Å². The van der Waals surface area contributed by atoms with Crippen LogP contribution in [0.1, 0.15) is 52.7 Å². The molecule has 2 aliphatic heterocycles. The Morgan fingerprint density at radius 3 is 2.73 bits per heavy atom. The monoisotopic (exact) mass is 434 g/mol. The smallest absolute Gasteiger partial charge is 0.257 e. The Hall–Kier alpha value is -2.59. The van der Waals surface area contributed by atoms with Crippen LogP contribution in [0.15, 0.2) is 29.1 Å². The molecule has 1 N–H and O–H groups in total. The van der Waals surface area contributed by atoms with Gasteiger partial charge in [0.2, 0.25) is 10.0 Å². The molecule has 1 fully saturated rings. The van der Waals surface area contributed by atoms with Crippen molar-refractivity contribution < 1.29 is 17.6 Å². The maximum Gasteiger partial charge on any atom is 0.257 e. The average Bonchev–Trinajstić information content (AvgIpc) is 2.72. The predicted octanol–water partition coefficient (Wildman–Crippen LogP) is 1.59. The topological polar surface area (TPSA) is 103 Å². The molecule has 30 heavy (non-hydrogen) atoms. The van der Waals surface area contributed by atoms with Gasteiger partial charge in [0.15, 0.2) is 0 Å². The third kappa shape index (κ3) is 3.89. The molecule has 2 aromatic rings. The van der Waals surface area contributed by atoms with E-state index in [-0.39, 0.29) is 18.7 Å². The molecule has 2 aliphatic rings. The number of carbonyl (C=O) groups excluding carboxylic acids is 1. The minimum Gasteiger partial charge on any atom is -0.328 e. The van der Waals surface area contributed by atoms with Gasteiger partial charge in [0, 0.05) is 26.1 Å². The number of piperidine rings is 1. The molecule has 1 saturated heterocycles. The van der Waals surface area contributed by atoms with Crippen molar-refractivity contribution in [2.24, 2.45) is 0 Å². The lowest BCUT2D eigenvalue weighted by Crippen LogP contribution is -2.42. The first-order valence-electron chi connectivity index (χ1n) is 9.88. The Morgan fingerprint density at radius 1 is 1.23 bits per heavy atom. The number of nitrogens with one attached hydrogen (secondary N) is 1. The van der Waals surface area contributed by atoms with Gasteiger partial charge in [-0.1, -0.05) is 12.1 Å². The standard InChI is InChI=1S/C20H23FN4O4S/c1-30(28,29)24-11-9-16-14(12-24)19(26)23-18(22-16)17-8-4-5-10-25(17)20(27)13-6-2-3-7-15(13)21/h2-3,6-7,17H,4-5,8-12H2,1H3,(H,22,23,26)/t17-/m0/s1. The zero-order valence-electron chi connectivity index (χ0n) is 16.6. The lowest BCUT2D eigenvalue weighted by molar-refractivity contribution is 0.0594. The van der Waals surface area contributed by atoms with Gasteiger partial charge in [-0.3, -0.25) is 9.59 Å². The number of aromatic nitrogens is 2. The third-order valence-corrected chi connectivity index (χ3v) is 6.95. The van der Waals surface area contributed by atoms with E-state index in [1.54, 1.807) is 11.0 Å². The van der Waals surface area contributed by atoms with Gasteiger partial charge >= 0.3 is 0 Å². The van der Waals surface area contributed by atoms with Gasteiger partial charge < -0.3 is 9.88 Å². The van der Waals surface area contributed by atoms with Gasteiger partial charge in [-0.2, -0.15) is 4.31 Å². The molecule has 0 unspecified atom stereocenters. The van der Waals surface area contributed by atoms with Crippen LogP contribution in [0.5, 0.6) is 0 Å². The van der Waals surface area contributed by atoms with Crippen LogP contribution in [0.3, 0.4) is 0 Å². The van der Waals surface area contributed by atoms with Crippen LogP contribution in [0, 0.1) is 5.82 Å². The molecule has 0 aliphatic carbocycles. The van der Waals surface area contributed by atoms with Gasteiger partial charge in [-0.05, 0) is 31.4 Å². The first-order valence-corrected chi connectivity index (χ1v) is 11.7. The number of benzene rings is 1. The number of H-pyrrole nitrogens is 1. The van der Waals surface area contributed by atoms with Crippen LogP contribution >= 0.6 is 0 Å². The Bertz CT molecular complexity index is 1150. The van der Waals surface area contributed by atoms with Crippen molar-refractivity contribution in [3.05, 3.63) is 63.1 Å². The minimum absolute atomic E-state index is 0.00602. The van der Waals surface area contributed by atoms with Crippen molar-refractivity contribution in [1.82, 2.24) is 19.2 Å². The van der Waals surface area contributed by atoms with E-state index in [1.807, 2.05) is 0 Å². The summed E-state index contributed by atoms with van der Waals surface area (Å²) in [4.78, 5) is 34.7. The quantitative estimate of drug-likeness (QED) is 0.790. The predicted molar refractivity (Wildman–Crippen MR) is 108 cm³/mol. The zero-order valence-corrected chi connectivity index (χ0v) is 17.4. The second-order valence-electron chi connectivity index (χ2n) is 7.71. The van der Waals surface area contributed by atoms with Crippen molar-refractivity contribution in [3.63, 3.8) is 0 Å². The fourth-order valence-electron chi connectivity index (χ4n) is 4.11. The zero-order chi connectivity index (χ0) is 21.5. The lowest BCUT2D eigenvalue weighted by atomic mass is 9.99. The number of fused-ring (bicyclic) bond motifs is 1. The first kappa shape index (κ1) is 20.7. The number of likely N-dealkylation sites (tertiary alicyclic amines) is 1. The highest BCUT2D eigenvalue weighted by Gasteiger charge is 2.33. The maximum absolute atomic E-state index is 14.2. The Balaban J connectivity index is 1.67. The van der Waals surface area contributed by atoms with Crippen molar-refractivity contribution in [2.45, 2.75) is 38.3 Å². The number of amides is 1. The summed E-state index contributed by atoms with van der Waals surface area (Å²) in [5, 5.41) is 0. The fourth-order valence-corrected chi connectivity index (χ4v) is 4.90. The number of rotatable bonds is 3. The highest BCUT2D eigenvalue weighted by atomic mass is 32.2. The van der Waals surface area contributed by atoms with Crippen LogP contribution in [0.2, 0.25) is 0 Å². The fraction of sp³-hybridized carbons (Fsp3) is 0.450. The van der Waals surface area contributed by atoms with Gasteiger partial charge in [0.1, 0.15) is 11.6 Å². The molecule has 0 saturated carbocycles. The Morgan fingerprint density at radius 2 is 2.00 bits per heavy atom. The summed E-state index contributed by atoms with van der Waals surface area (Å²) >= 11 is 0. The van der Waals surface area contributed by atoms with Crippen LogP contribution in [0.25, 0.3) is 0 Å². The Labute approximate surface area is 173 Å². The van der Waals surface area contributed by atoms with Crippen molar-refractivity contribution in [1.29, 1.82) is 0 Å². The number of nitrogens with zero attached hydrogens (tertiary/aromatic N) is 3. The normalized spacial score (nSPS) is 20.1.